The summed E-state index contributed by atoms with van der Waals surface area (Å²) in [7, 11) is 3.00. The number of esters is 1. The molecule has 0 heterocycles. The van der Waals surface area contributed by atoms with Crippen LogP contribution in [0.1, 0.15) is 11.6 Å². The zero-order valence-electron chi connectivity index (χ0n) is 9.90. The molecule has 0 radical (unpaired) electrons. The second kappa shape index (κ2) is 7.42. The summed E-state index contributed by atoms with van der Waals surface area (Å²) in [5, 5.41) is 3.10. The molecule has 1 atom stereocenters. The lowest BCUT2D eigenvalue weighted by Gasteiger charge is -2.17. The van der Waals surface area contributed by atoms with E-state index in [1.807, 2.05) is 24.3 Å². The van der Waals surface area contributed by atoms with Crippen LogP contribution in [0.4, 0.5) is 0 Å². The highest BCUT2D eigenvalue weighted by Crippen LogP contribution is 2.23. The molecular formula is C12H16BrNO3. The van der Waals surface area contributed by atoms with Gasteiger partial charge in [0.1, 0.15) is 6.04 Å². The summed E-state index contributed by atoms with van der Waals surface area (Å²) in [4.78, 5) is 11.7. The molecule has 1 unspecified atom stereocenters. The van der Waals surface area contributed by atoms with Crippen LogP contribution < -0.4 is 5.32 Å². The zero-order valence-corrected chi connectivity index (χ0v) is 11.5. The Balaban J connectivity index is 2.82. The van der Waals surface area contributed by atoms with Gasteiger partial charge in [-0.25, -0.2) is 4.79 Å². The molecule has 94 valence electrons. The molecule has 1 aromatic carbocycles. The van der Waals surface area contributed by atoms with Crippen molar-refractivity contribution in [3.8, 4) is 0 Å². The first-order valence-electron chi connectivity index (χ1n) is 5.25. The molecule has 0 aliphatic rings. The SMILES string of the molecule is COCCNC(C(=O)OC)c1ccccc1Br. The molecule has 0 bridgehead atoms. The van der Waals surface area contributed by atoms with Gasteiger partial charge >= 0.3 is 5.97 Å². The van der Waals surface area contributed by atoms with Gasteiger partial charge in [-0.05, 0) is 11.6 Å². The quantitative estimate of drug-likeness (QED) is 0.644. The Hall–Kier alpha value is -0.910. The number of nitrogens with one attached hydrogen (secondary N) is 1. The molecule has 0 spiro atoms. The molecule has 0 saturated heterocycles. The van der Waals surface area contributed by atoms with Crippen molar-refractivity contribution in [1.29, 1.82) is 0 Å². The van der Waals surface area contributed by atoms with E-state index >= 15 is 0 Å². The lowest BCUT2D eigenvalue weighted by Crippen LogP contribution is -2.32. The van der Waals surface area contributed by atoms with Gasteiger partial charge in [0.05, 0.1) is 13.7 Å². The minimum Gasteiger partial charge on any atom is -0.468 e. The van der Waals surface area contributed by atoms with E-state index in [2.05, 4.69) is 21.2 Å². The molecule has 0 saturated carbocycles. The molecule has 1 rings (SSSR count). The van der Waals surface area contributed by atoms with Crippen molar-refractivity contribution in [3.63, 3.8) is 0 Å². The maximum atomic E-state index is 11.7. The van der Waals surface area contributed by atoms with Crippen LogP contribution in [0.25, 0.3) is 0 Å². The summed E-state index contributed by atoms with van der Waals surface area (Å²) in [5.41, 5.74) is 0.857. The van der Waals surface area contributed by atoms with E-state index in [9.17, 15) is 4.79 Å². The van der Waals surface area contributed by atoms with Crippen LogP contribution in [-0.2, 0) is 14.3 Å². The normalized spacial score (nSPS) is 12.2. The maximum absolute atomic E-state index is 11.7. The van der Waals surface area contributed by atoms with E-state index < -0.39 is 6.04 Å². The van der Waals surface area contributed by atoms with E-state index in [0.29, 0.717) is 13.2 Å². The Kier molecular flexibility index (Phi) is 6.18. The van der Waals surface area contributed by atoms with Crippen molar-refractivity contribution < 1.29 is 14.3 Å². The Morgan fingerprint density at radius 3 is 2.71 bits per heavy atom. The van der Waals surface area contributed by atoms with E-state index in [0.717, 1.165) is 10.0 Å². The fraction of sp³-hybridized carbons (Fsp3) is 0.417. The lowest BCUT2D eigenvalue weighted by molar-refractivity contribution is -0.143. The van der Waals surface area contributed by atoms with E-state index in [1.54, 1.807) is 7.11 Å². The molecule has 0 aliphatic heterocycles. The number of benzene rings is 1. The summed E-state index contributed by atoms with van der Waals surface area (Å²) >= 11 is 3.42. The zero-order chi connectivity index (χ0) is 12.7. The molecular weight excluding hydrogens is 286 g/mol. The second-order valence-corrected chi connectivity index (χ2v) is 4.28. The van der Waals surface area contributed by atoms with E-state index in [4.69, 9.17) is 9.47 Å². The average molecular weight is 302 g/mol. The van der Waals surface area contributed by atoms with Crippen LogP contribution >= 0.6 is 15.9 Å². The van der Waals surface area contributed by atoms with Gasteiger partial charge < -0.3 is 9.47 Å². The third-order valence-electron chi connectivity index (χ3n) is 2.31. The first-order valence-corrected chi connectivity index (χ1v) is 6.04. The van der Waals surface area contributed by atoms with Crippen LogP contribution in [0, 0.1) is 0 Å². The minimum atomic E-state index is -0.481. The molecule has 0 aliphatic carbocycles. The van der Waals surface area contributed by atoms with Gasteiger partial charge in [-0.15, -0.1) is 0 Å². The van der Waals surface area contributed by atoms with Gasteiger partial charge in [0.15, 0.2) is 0 Å². The number of halogens is 1. The third kappa shape index (κ3) is 4.11. The first-order chi connectivity index (χ1) is 8.20. The highest BCUT2D eigenvalue weighted by atomic mass is 79.9. The first kappa shape index (κ1) is 14.2. The molecule has 1 aromatic rings. The Morgan fingerprint density at radius 2 is 2.12 bits per heavy atom. The highest BCUT2D eigenvalue weighted by Gasteiger charge is 2.22. The maximum Gasteiger partial charge on any atom is 0.327 e. The molecule has 1 N–H and O–H groups in total. The van der Waals surface area contributed by atoms with Gasteiger partial charge in [-0.3, -0.25) is 5.32 Å². The molecule has 4 nitrogen and oxygen atoms in total. The van der Waals surface area contributed by atoms with Crippen molar-refractivity contribution in [1.82, 2.24) is 5.32 Å². The fourth-order valence-electron chi connectivity index (χ4n) is 1.45. The average Bonchev–Trinajstić information content (AvgIpc) is 2.35. The predicted octanol–water partition coefficient (Wildman–Crippen LogP) is 1.90. The van der Waals surface area contributed by atoms with Crippen molar-refractivity contribution in [2.45, 2.75) is 6.04 Å². The number of rotatable bonds is 6. The van der Waals surface area contributed by atoms with Gasteiger partial charge in [-0.2, -0.15) is 0 Å². The van der Waals surface area contributed by atoms with Crippen LogP contribution in [0.2, 0.25) is 0 Å². The molecule has 17 heavy (non-hydrogen) atoms. The standard InChI is InChI=1S/C12H16BrNO3/c1-16-8-7-14-11(12(15)17-2)9-5-3-4-6-10(9)13/h3-6,11,14H,7-8H2,1-2H3. The van der Waals surface area contributed by atoms with Crippen molar-refractivity contribution in [2.75, 3.05) is 27.4 Å². The van der Waals surface area contributed by atoms with Gasteiger partial charge in [0.25, 0.3) is 0 Å². The van der Waals surface area contributed by atoms with Crippen LogP contribution in [0.5, 0.6) is 0 Å². The number of hydrogen-bond acceptors (Lipinski definition) is 4. The Bertz CT molecular complexity index is 371. The van der Waals surface area contributed by atoms with Gasteiger partial charge in [-0.1, -0.05) is 34.1 Å². The number of carbonyl (C=O) groups excluding carboxylic acids is 1. The van der Waals surface area contributed by atoms with Crippen LogP contribution in [0.3, 0.4) is 0 Å². The third-order valence-corrected chi connectivity index (χ3v) is 3.03. The molecule has 5 heteroatoms. The molecule has 0 aromatic heterocycles. The predicted molar refractivity (Wildman–Crippen MR) is 68.8 cm³/mol. The summed E-state index contributed by atoms with van der Waals surface area (Å²) in [6.45, 7) is 1.12. The number of ether oxygens (including phenoxy) is 2. The van der Waals surface area contributed by atoms with Crippen LogP contribution in [-0.4, -0.2) is 33.3 Å². The van der Waals surface area contributed by atoms with Crippen molar-refractivity contribution in [3.05, 3.63) is 34.3 Å². The van der Waals surface area contributed by atoms with E-state index in [1.165, 1.54) is 7.11 Å². The molecule has 0 fully saturated rings. The summed E-state index contributed by atoms with van der Waals surface area (Å²) < 4.78 is 10.6. The second-order valence-electron chi connectivity index (χ2n) is 3.42. The largest absolute Gasteiger partial charge is 0.468 e. The summed E-state index contributed by atoms with van der Waals surface area (Å²) in [6.07, 6.45) is 0. The van der Waals surface area contributed by atoms with Crippen molar-refractivity contribution in [2.24, 2.45) is 0 Å². The minimum absolute atomic E-state index is 0.312. The summed E-state index contributed by atoms with van der Waals surface area (Å²) in [6, 6.07) is 7.07. The number of hydrogen-bond donors (Lipinski definition) is 1. The summed E-state index contributed by atoms with van der Waals surface area (Å²) in [5.74, 6) is -0.312. The number of carbonyl (C=O) groups is 1. The van der Waals surface area contributed by atoms with Crippen LogP contribution in [0.15, 0.2) is 28.7 Å². The van der Waals surface area contributed by atoms with Crippen molar-refractivity contribution >= 4 is 21.9 Å². The topological polar surface area (TPSA) is 47.6 Å². The number of methoxy groups -OCH3 is 2. The Morgan fingerprint density at radius 1 is 1.41 bits per heavy atom. The smallest absolute Gasteiger partial charge is 0.327 e. The van der Waals surface area contributed by atoms with E-state index in [-0.39, 0.29) is 5.97 Å². The monoisotopic (exact) mass is 301 g/mol. The fourth-order valence-corrected chi connectivity index (χ4v) is 1.97. The lowest BCUT2D eigenvalue weighted by atomic mass is 10.1. The van der Waals surface area contributed by atoms with Gasteiger partial charge in [0, 0.05) is 18.1 Å². The molecule has 0 amide bonds. The Labute approximate surface area is 109 Å². The highest BCUT2D eigenvalue weighted by molar-refractivity contribution is 9.10. The van der Waals surface area contributed by atoms with Gasteiger partial charge in [0.2, 0.25) is 0 Å².